The number of halogens is 1. The van der Waals surface area contributed by atoms with Gasteiger partial charge in [-0.1, -0.05) is 66.2 Å². The minimum Gasteiger partial charge on any atom is -0.462 e. The highest BCUT2D eigenvalue weighted by Gasteiger charge is 2.50. The molecule has 1 aromatic heterocycles. The normalized spacial score (nSPS) is 23.7. The number of carbonyl (C=O) groups is 1. The molecule has 3 fully saturated rings. The molecular formula is C38H40ClN7O3. The molecule has 1 amide bonds. The predicted molar refractivity (Wildman–Crippen MR) is 190 cm³/mol. The Morgan fingerprint density at radius 3 is 2.63 bits per heavy atom. The van der Waals surface area contributed by atoms with E-state index in [4.69, 9.17) is 37.6 Å². The van der Waals surface area contributed by atoms with Gasteiger partial charge in [0, 0.05) is 48.9 Å². The van der Waals surface area contributed by atoms with Crippen molar-refractivity contribution in [3.05, 3.63) is 100.0 Å². The maximum absolute atomic E-state index is 13.7. The lowest BCUT2D eigenvalue weighted by molar-refractivity contribution is -0.135. The molecule has 0 saturated carbocycles. The number of fused-ring (bicyclic) bond motifs is 2. The molecule has 0 N–H and O–H groups in total. The van der Waals surface area contributed by atoms with E-state index in [1.54, 1.807) is 0 Å². The van der Waals surface area contributed by atoms with E-state index >= 15 is 0 Å². The Hall–Kier alpha value is -4.43. The highest BCUT2D eigenvalue weighted by molar-refractivity contribution is 6.36. The number of likely N-dealkylation sites (N-methyl/N-ethyl adjacent to an activating group) is 1. The average Bonchev–Trinajstić information content (AvgIpc) is 3.83. The molecule has 4 aromatic rings. The van der Waals surface area contributed by atoms with E-state index in [0.717, 1.165) is 76.5 Å². The van der Waals surface area contributed by atoms with Gasteiger partial charge in [-0.25, -0.2) is 6.57 Å². The summed E-state index contributed by atoms with van der Waals surface area (Å²) in [6.07, 6.45) is 2.27. The number of anilines is 2. The topological polar surface area (TPSA) is 81.9 Å². The Kier molecular flexibility index (Phi) is 8.74. The van der Waals surface area contributed by atoms with E-state index in [1.807, 2.05) is 47.4 Å². The monoisotopic (exact) mass is 677 g/mol. The minimum atomic E-state index is -0.503. The summed E-state index contributed by atoms with van der Waals surface area (Å²) in [6.45, 7) is 12.5. The third-order valence-corrected chi connectivity index (χ3v) is 10.8. The van der Waals surface area contributed by atoms with Gasteiger partial charge >= 0.3 is 6.01 Å². The average molecular weight is 678 g/mol. The summed E-state index contributed by atoms with van der Waals surface area (Å²) in [6, 6.07) is 22.6. The molecule has 5 heterocycles. The maximum atomic E-state index is 13.7. The quantitative estimate of drug-likeness (QED) is 0.181. The van der Waals surface area contributed by atoms with Gasteiger partial charge in [0.25, 0.3) is 5.91 Å². The number of carbonyl (C=O) groups excluding carboxylic acids is 1. The third-order valence-electron chi connectivity index (χ3n) is 10.5. The van der Waals surface area contributed by atoms with Crippen molar-refractivity contribution in [1.82, 2.24) is 19.8 Å². The number of amides is 1. The molecule has 4 aliphatic heterocycles. The van der Waals surface area contributed by atoms with Gasteiger partial charge in [-0.15, -0.1) is 0 Å². The van der Waals surface area contributed by atoms with Crippen LogP contribution in [0.3, 0.4) is 0 Å². The first-order chi connectivity index (χ1) is 24.0. The van der Waals surface area contributed by atoms with Crippen LogP contribution in [0.15, 0.2) is 66.7 Å². The number of benzene rings is 3. The lowest BCUT2D eigenvalue weighted by Crippen LogP contribution is -2.58. The fraction of sp³-hybridized carbons (Fsp3) is 0.421. The summed E-state index contributed by atoms with van der Waals surface area (Å²) in [4.78, 5) is 36.3. The molecule has 49 heavy (non-hydrogen) atoms. The van der Waals surface area contributed by atoms with E-state index in [1.165, 1.54) is 0 Å². The van der Waals surface area contributed by atoms with Gasteiger partial charge in [0.15, 0.2) is 6.10 Å². The van der Waals surface area contributed by atoms with Crippen molar-refractivity contribution in [3.63, 3.8) is 0 Å². The van der Waals surface area contributed by atoms with Crippen molar-refractivity contribution in [2.45, 2.75) is 50.1 Å². The van der Waals surface area contributed by atoms with Gasteiger partial charge in [0.2, 0.25) is 6.54 Å². The second kappa shape index (κ2) is 13.5. The molecule has 0 aliphatic carbocycles. The van der Waals surface area contributed by atoms with Crippen molar-refractivity contribution in [2.75, 3.05) is 62.7 Å². The van der Waals surface area contributed by atoms with Gasteiger partial charge in [0.1, 0.15) is 24.6 Å². The summed E-state index contributed by atoms with van der Waals surface area (Å²) >= 11 is 6.74. The van der Waals surface area contributed by atoms with E-state index < -0.39 is 6.10 Å². The number of hydrogen-bond acceptors (Lipinski definition) is 8. The fourth-order valence-electron chi connectivity index (χ4n) is 7.78. The fourth-order valence-corrected chi connectivity index (χ4v) is 8.06. The largest absolute Gasteiger partial charge is 0.462 e. The molecule has 0 spiro atoms. The van der Waals surface area contributed by atoms with Crippen molar-refractivity contribution < 1.29 is 14.3 Å². The number of nitrogens with zero attached hydrogens (tertiary/aromatic N) is 7. The highest BCUT2D eigenvalue weighted by atomic mass is 35.5. The molecule has 3 aromatic carbocycles. The maximum Gasteiger partial charge on any atom is 0.318 e. The lowest BCUT2D eigenvalue weighted by Gasteiger charge is -2.41. The number of epoxide rings is 1. The van der Waals surface area contributed by atoms with E-state index in [-0.39, 0.29) is 24.6 Å². The van der Waals surface area contributed by atoms with Gasteiger partial charge in [-0.2, -0.15) is 9.97 Å². The van der Waals surface area contributed by atoms with Crippen LogP contribution in [0.25, 0.3) is 15.6 Å². The van der Waals surface area contributed by atoms with Crippen LogP contribution < -0.4 is 14.5 Å². The number of aromatic nitrogens is 2. The summed E-state index contributed by atoms with van der Waals surface area (Å²) in [5, 5.41) is 2.88. The van der Waals surface area contributed by atoms with Crippen molar-refractivity contribution in [1.29, 1.82) is 0 Å². The molecule has 10 nitrogen and oxygen atoms in total. The molecule has 4 atom stereocenters. The molecule has 0 radical (unpaired) electrons. The molecule has 252 valence electrons. The van der Waals surface area contributed by atoms with Gasteiger partial charge in [-0.3, -0.25) is 4.79 Å². The summed E-state index contributed by atoms with van der Waals surface area (Å²) in [5.74, 6) is 0.809. The molecular weight excluding hydrogens is 638 g/mol. The first-order valence-corrected chi connectivity index (χ1v) is 17.6. The number of rotatable bonds is 8. The Balaban J connectivity index is 1.07. The van der Waals surface area contributed by atoms with Crippen molar-refractivity contribution in [3.8, 4) is 6.01 Å². The Labute approximate surface area is 292 Å². The van der Waals surface area contributed by atoms with Gasteiger partial charge in [0.05, 0.1) is 17.3 Å². The van der Waals surface area contributed by atoms with Crippen LogP contribution in [-0.4, -0.2) is 96.8 Å². The second-order valence-corrected chi connectivity index (χ2v) is 13.9. The first kappa shape index (κ1) is 31.8. The van der Waals surface area contributed by atoms with Crippen molar-refractivity contribution >= 4 is 39.8 Å². The molecule has 3 saturated heterocycles. The van der Waals surface area contributed by atoms with Crippen molar-refractivity contribution in [2.24, 2.45) is 0 Å². The summed E-state index contributed by atoms with van der Waals surface area (Å²) in [7, 11) is 2.14. The third kappa shape index (κ3) is 6.27. The van der Waals surface area contributed by atoms with E-state index in [9.17, 15) is 4.79 Å². The Morgan fingerprint density at radius 1 is 1.00 bits per heavy atom. The zero-order valence-electron chi connectivity index (χ0n) is 27.7. The minimum absolute atomic E-state index is 0.0408. The van der Waals surface area contributed by atoms with Crippen LogP contribution in [0.4, 0.5) is 11.5 Å². The molecule has 11 heteroatoms. The molecule has 4 aliphatic rings. The van der Waals surface area contributed by atoms with Crippen LogP contribution in [0.5, 0.6) is 6.01 Å². The van der Waals surface area contributed by atoms with E-state index in [0.29, 0.717) is 44.8 Å². The molecule has 0 bridgehead atoms. The zero-order valence-corrected chi connectivity index (χ0v) is 28.4. The second-order valence-electron chi connectivity index (χ2n) is 13.5. The lowest BCUT2D eigenvalue weighted by atomic mass is 10.0. The van der Waals surface area contributed by atoms with Crippen LogP contribution >= 0.6 is 11.6 Å². The predicted octanol–water partition coefficient (Wildman–Crippen LogP) is 5.40. The highest BCUT2D eigenvalue weighted by Crippen LogP contribution is 2.41. The number of hydrogen-bond donors (Lipinski definition) is 0. The molecule has 8 rings (SSSR count). The first-order valence-electron chi connectivity index (χ1n) is 17.2. The standard InChI is InChI=1S/C38H40ClN7O3/c1-40-21-28-22-45(19-20-46(28)37(47)35-34(49-35)26-9-4-3-5-10-26)36-29-16-18-44(32-15-7-12-25-11-6-14-30(39)33(25)32)23-31(29)41-38(42-36)48-24-27-13-8-17-43(27)2/h3-7,9-12,14-15,27-28,34-35H,8,13,16-24H2,2H3/t27-,28-,34+,35-/m0/s1. The number of piperazine rings is 1. The smallest absolute Gasteiger partial charge is 0.318 e. The Morgan fingerprint density at radius 2 is 1.84 bits per heavy atom. The number of likely N-dealkylation sites (tertiary alicyclic amines) is 1. The summed E-state index contributed by atoms with van der Waals surface area (Å²) in [5.41, 5.74) is 4.13. The van der Waals surface area contributed by atoms with Crippen LogP contribution in [0, 0.1) is 6.57 Å². The number of ether oxygens (including phenoxy) is 2. The van der Waals surface area contributed by atoms with Crippen LogP contribution in [0.1, 0.15) is 35.8 Å². The molecule has 0 unspecified atom stereocenters. The van der Waals surface area contributed by atoms with Crippen LogP contribution in [-0.2, 0) is 22.5 Å². The SMILES string of the molecule is [C-]#[N+]C[C@H]1CN(c2nc(OC[C@@H]3CCCN3C)nc3c2CCN(c2cccc4cccc(Cl)c24)C3)CCN1C(=O)[C@H]1O[C@@H]1c1ccccc1. The Bertz CT molecular complexity index is 1900. The van der Waals surface area contributed by atoms with Gasteiger partial charge < -0.3 is 33.9 Å². The zero-order chi connectivity index (χ0) is 33.5. The summed E-state index contributed by atoms with van der Waals surface area (Å²) < 4.78 is 12.2. The van der Waals surface area contributed by atoms with E-state index in [2.05, 4.69) is 50.9 Å². The van der Waals surface area contributed by atoms with Crippen LogP contribution in [0.2, 0.25) is 5.02 Å². The van der Waals surface area contributed by atoms with Gasteiger partial charge in [-0.05, 0) is 55.9 Å².